The van der Waals surface area contributed by atoms with Gasteiger partial charge in [-0.05, 0) is 30.7 Å². The van der Waals surface area contributed by atoms with Crippen molar-refractivity contribution in [3.05, 3.63) is 28.8 Å². The second-order valence-corrected chi connectivity index (χ2v) is 3.97. The average molecular weight is 248 g/mol. The number of hydrogen-bond acceptors (Lipinski definition) is 2. The van der Waals surface area contributed by atoms with E-state index < -0.39 is 0 Å². The van der Waals surface area contributed by atoms with E-state index >= 15 is 0 Å². The Bertz CT molecular complexity index is 305. The molecule has 1 rings (SSSR count). The normalized spacial score (nSPS) is 10.3. The highest BCUT2D eigenvalue weighted by Gasteiger charge is 2.00. The molecule has 0 saturated heterocycles. The van der Waals surface area contributed by atoms with E-state index in [-0.39, 0.29) is 0 Å². The molecule has 2 nitrogen and oxygen atoms in total. The first-order valence-electron chi connectivity index (χ1n) is 4.87. The van der Waals surface area contributed by atoms with E-state index in [2.05, 4.69) is 5.32 Å². The number of ether oxygens (including phenoxy) is 1. The Morgan fingerprint density at radius 2 is 2.20 bits per heavy atom. The molecular weight excluding hydrogens is 233 g/mol. The van der Waals surface area contributed by atoms with Gasteiger partial charge in [0.15, 0.2) is 0 Å². The molecular formula is C11H15Cl2NO. The third kappa shape index (κ3) is 4.29. The highest BCUT2D eigenvalue weighted by Crippen LogP contribution is 2.24. The summed E-state index contributed by atoms with van der Waals surface area (Å²) in [7, 11) is 1.61. The highest BCUT2D eigenvalue weighted by atomic mass is 35.5. The SMILES string of the molecule is COc1ccc(CNCCCCl)cc1Cl. The molecule has 0 aliphatic carbocycles. The number of nitrogens with one attached hydrogen (secondary N) is 1. The van der Waals surface area contributed by atoms with Gasteiger partial charge in [-0.25, -0.2) is 0 Å². The summed E-state index contributed by atoms with van der Waals surface area (Å²) in [4.78, 5) is 0. The molecule has 0 bridgehead atoms. The lowest BCUT2D eigenvalue weighted by molar-refractivity contribution is 0.415. The Morgan fingerprint density at radius 3 is 2.80 bits per heavy atom. The molecule has 0 radical (unpaired) electrons. The number of hydrogen-bond donors (Lipinski definition) is 1. The Labute approximate surface area is 101 Å². The van der Waals surface area contributed by atoms with Crippen LogP contribution in [0.2, 0.25) is 5.02 Å². The molecule has 0 spiro atoms. The minimum absolute atomic E-state index is 0.647. The van der Waals surface area contributed by atoms with E-state index in [1.165, 1.54) is 0 Å². The molecule has 1 aromatic carbocycles. The second-order valence-electron chi connectivity index (χ2n) is 3.19. The van der Waals surface area contributed by atoms with Crippen LogP contribution in [-0.4, -0.2) is 19.5 Å². The molecule has 1 N–H and O–H groups in total. The molecule has 84 valence electrons. The Balaban J connectivity index is 2.45. The van der Waals surface area contributed by atoms with Gasteiger partial charge in [0.05, 0.1) is 12.1 Å². The topological polar surface area (TPSA) is 21.3 Å². The zero-order valence-electron chi connectivity index (χ0n) is 8.72. The lowest BCUT2D eigenvalue weighted by Gasteiger charge is -2.07. The summed E-state index contributed by atoms with van der Waals surface area (Å²) in [5.41, 5.74) is 1.15. The number of alkyl halides is 1. The van der Waals surface area contributed by atoms with E-state index in [4.69, 9.17) is 27.9 Å². The fourth-order valence-corrected chi connectivity index (χ4v) is 1.66. The van der Waals surface area contributed by atoms with Gasteiger partial charge >= 0.3 is 0 Å². The van der Waals surface area contributed by atoms with Crippen LogP contribution in [-0.2, 0) is 6.54 Å². The van der Waals surface area contributed by atoms with Gasteiger partial charge in [-0.2, -0.15) is 0 Å². The molecule has 0 atom stereocenters. The van der Waals surface area contributed by atoms with E-state index in [1.807, 2.05) is 18.2 Å². The van der Waals surface area contributed by atoms with Crippen molar-refractivity contribution >= 4 is 23.2 Å². The van der Waals surface area contributed by atoms with Crippen LogP contribution in [0.5, 0.6) is 5.75 Å². The minimum Gasteiger partial charge on any atom is -0.495 e. The summed E-state index contributed by atoms with van der Waals surface area (Å²) in [6.45, 7) is 1.73. The van der Waals surface area contributed by atoms with Crippen molar-refractivity contribution in [3.8, 4) is 5.75 Å². The second kappa shape index (κ2) is 6.94. The molecule has 0 fully saturated rings. The van der Waals surface area contributed by atoms with Gasteiger partial charge in [-0.15, -0.1) is 11.6 Å². The molecule has 0 aliphatic rings. The maximum absolute atomic E-state index is 6.00. The fraction of sp³-hybridized carbons (Fsp3) is 0.455. The zero-order chi connectivity index (χ0) is 11.1. The summed E-state index contributed by atoms with van der Waals surface area (Å²) in [5.74, 6) is 1.40. The van der Waals surface area contributed by atoms with Gasteiger partial charge < -0.3 is 10.1 Å². The Morgan fingerprint density at radius 1 is 1.40 bits per heavy atom. The maximum Gasteiger partial charge on any atom is 0.137 e. The smallest absolute Gasteiger partial charge is 0.137 e. The molecule has 0 saturated carbocycles. The first kappa shape index (κ1) is 12.6. The standard InChI is InChI=1S/C11H15Cl2NO/c1-15-11-4-3-9(7-10(11)13)8-14-6-2-5-12/h3-4,7,14H,2,5-6,8H2,1H3. The maximum atomic E-state index is 6.00. The lowest BCUT2D eigenvalue weighted by Crippen LogP contribution is -2.14. The van der Waals surface area contributed by atoms with Gasteiger partial charge in [-0.3, -0.25) is 0 Å². The number of benzene rings is 1. The Hall–Kier alpha value is -0.440. The third-order valence-electron chi connectivity index (χ3n) is 2.03. The van der Waals surface area contributed by atoms with Gasteiger partial charge in [0.1, 0.15) is 5.75 Å². The lowest BCUT2D eigenvalue weighted by atomic mass is 10.2. The van der Waals surface area contributed by atoms with Crippen LogP contribution in [0.25, 0.3) is 0 Å². The van der Waals surface area contributed by atoms with Crippen LogP contribution >= 0.6 is 23.2 Å². The predicted molar refractivity (Wildman–Crippen MR) is 65.0 cm³/mol. The van der Waals surface area contributed by atoms with Crippen molar-refractivity contribution in [2.75, 3.05) is 19.5 Å². The van der Waals surface area contributed by atoms with Crippen LogP contribution in [0, 0.1) is 0 Å². The average Bonchev–Trinajstić information content (AvgIpc) is 2.25. The van der Waals surface area contributed by atoms with Gasteiger partial charge in [0.2, 0.25) is 0 Å². The van der Waals surface area contributed by atoms with E-state index in [1.54, 1.807) is 7.11 Å². The van der Waals surface area contributed by atoms with Crippen molar-refractivity contribution in [1.29, 1.82) is 0 Å². The van der Waals surface area contributed by atoms with Crippen LogP contribution in [0.4, 0.5) is 0 Å². The molecule has 0 aliphatic heterocycles. The molecule has 15 heavy (non-hydrogen) atoms. The van der Waals surface area contributed by atoms with E-state index in [0.717, 1.165) is 25.1 Å². The quantitative estimate of drug-likeness (QED) is 0.617. The van der Waals surface area contributed by atoms with Crippen molar-refractivity contribution in [2.24, 2.45) is 0 Å². The molecule has 1 aromatic rings. The first-order valence-corrected chi connectivity index (χ1v) is 5.78. The summed E-state index contributed by atoms with van der Waals surface area (Å²) >= 11 is 11.6. The van der Waals surface area contributed by atoms with Crippen LogP contribution in [0.1, 0.15) is 12.0 Å². The summed E-state index contributed by atoms with van der Waals surface area (Å²) in [5, 5.41) is 3.93. The summed E-state index contributed by atoms with van der Waals surface area (Å²) < 4.78 is 5.07. The number of rotatable bonds is 6. The van der Waals surface area contributed by atoms with E-state index in [9.17, 15) is 0 Å². The Kier molecular flexibility index (Phi) is 5.84. The van der Waals surface area contributed by atoms with Crippen molar-refractivity contribution in [2.45, 2.75) is 13.0 Å². The largest absolute Gasteiger partial charge is 0.495 e. The van der Waals surface area contributed by atoms with Gasteiger partial charge in [0, 0.05) is 12.4 Å². The molecule has 0 unspecified atom stereocenters. The number of halogens is 2. The molecule has 0 heterocycles. The monoisotopic (exact) mass is 247 g/mol. The van der Waals surface area contributed by atoms with Gasteiger partial charge in [0.25, 0.3) is 0 Å². The van der Waals surface area contributed by atoms with Crippen LogP contribution in [0.15, 0.2) is 18.2 Å². The number of methoxy groups -OCH3 is 1. The van der Waals surface area contributed by atoms with Crippen molar-refractivity contribution in [1.82, 2.24) is 5.32 Å². The third-order valence-corrected chi connectivity index (χ3v) is 2.60. The van der Waals surface area contributed by atoms with E-state index in [0.29, 0.717) is 16.7 Å². The van der Waals surface area contributed by atoms with Crippen LogP contribution in [0.3, 0.4) is 0 Å². The minimum atomic E-state index is 0.647. The summed E-state index contributed by atoms with van der Waals surface area (Å²) in [6.07, 6.45) is 0.978. The molecule has 4 heteroatoms. The zero-order valence-corrected chi connectivity index (χ0v) is 10.2. The van der Waals surface area contributed by atoms with Crippen LogP contribution < -0.4 is 10.1 Å². The molecule has 0 aromatic heterocycles. The van der Waals surface area contributed by atoms with Crippen molar-refractivity contribution < 1.29 is 4.74 Å². The highest BCUT2D eigenvalue weighted by molar-refractivity contribution is 6.32. The van der Waals surface area contributed by atoms with Gasteiger partial charge in [-0.1, -0.05) is 17.7 Å². The summed E-state index contributed by atoms with van der Waals surface area (Å²) in [6, 6.07) is 5.79. The van der Waals surface area contributed by atoms with Crippen molar-refractivity contribution in [3.63, 3.8) is 0 Å². The molecule has 0 amide bonds. The fourth-order valence-electron chi connectivity index (χ4n) is 1.24. The predicted octanol–water partition coefficient (Wildman–Crippen LogP) is 3.07. The first-order chi connectivity index (χ1) is 7.27.